The Morgan fingerprint density at radius 2 is 1.94 bits per heavy atom. The van der Waals surface area contributed by atoms with E-state index in [4.69, 9.17) is 5.11 Å². The minimum atomic E-state index is -0.870. The number of carboxylic acid groups (broad SMARTS) is 1. The normalized spacial score (nSPS) is 20.9. The zero-order valence-corrected chi connectivity index (χ0v) is 11.0. The van der Waals surface area contributed by atoms with Crippen LogP contribution in [0.5, 0.6) is 0 Å². The van der Waals surface area contributed by atoms with E-state index < -0.39 is 17.9 Å². The van der Waals surface area contributed by atoms with Crippen molar-refractivity contribution in [2.75, 3.05) is 13.1 Å². The van der Waals surface area contributed by atoms with Gasteiger partial charge in [0, 0.05) is 20.0 Å². The predicted molar refractivity (Wildman–Crippen MR) is 64.8 cm³/mol. The number of carboxylic acids is 1. The molecule has 1 aliphatic rings. The van der Waals surface area contributed by atoms with Crippen LogP contribution in [-0.2, 0) is 14.4 Å². The lowest BCUT2D eigenvalue weighted by Gasteiger charge is -2.26. The van der Waals surface area contributed by atoms with Gasteiger partial charge in [0.2, 0.25) is 11.8 Å². The van der Waals surface area contributed by atoms with Crippen molar-refractivity contribution in [3.63, 3.8) is 0 Å². The first-order valence-corrected chi connectivity index (χ1v) is 6.11. The Labute approximate surface area is 106 Å². The molecule has 0 aliphatic carbocycles. The Balaban J connectivity index is 2.67. The van der Waals surface area contributed by atoms with Crippen LogP contribution >= 0.6 is 0 Å². The lowest BCUT2D eigenvalue weighted by Crippen LogP contribution is -2.50. The second-order valence-corrected chi connectivity index (χ2v) is 5.03. The summed E-state index contributed by atoms with van der Waals surface area (Å²) >= 11 is 0. The molecule has 2 atom stereocenters. The molecule has 1 saturated heterocycles. The standard InChI is InChI=1S/C12H20N2O4/c1-7(2)10(13-8(3)15)11(16)14-5-4-9(6-14)12(17)18/h7,9-10H,4-6H2,1-3H3,(H,13,15)(H,17,18)/t9-,10+/m0/s1. The van der Waals surface area contributed by atoms with Crippen molar-refractivity contribution in [2.24, 2.45) is 11.8 Å². The van der Waals surface area contributed by atoms with Crippen LogP contribution in [0, 0.1) is 11.8 Å². The summed E-state index contributed by atoms with van der Waals surface area (Å²) in [6.45, 7) is 5.74. The molecule has 0 aromatic carbocycles. The molecule has 1 rings (SSSR count). The maximum atomic E-state index is 12.2. The average Bonchev–Trinajstić information content (AvgIpc) is 2.73. The summed E-state index contributed by atoms with van der Waals surface area (Å²) in [5, 5.41) is 11.5. The van der Waals surface area contributed by atoms with Crippen LogP contribution in [0.1, 0.15) is 27.2 Å². The Morgan fingerprint density at radius 1 is 1.33 bits per heavy atom. The van der Waals surface area contributed by atoms with Crippen LogP contribution in [0.25, 0.3) is 0 Å². The van der Waals surface area contributed by atoms with Gasteiger partial charge in [-0.2, -0.15) is 0 Å². The maximum Gasteiger partial charge on any atom is 0.308 e. The highest BCUT2D eigenvalue weighted by Crippen LogP contribution is 2.18. The molecular weight excluding hydrogens is 236 g/mol. The Bertz CT molecular complexity index is 354. The molecule has 18 heavy (non-hydrogen) atoms. The molecule has 102 valence electrons. The van der Waals surface area contributed by atoms with E-state index in [0.29, 0.717) is 13.0 Å². The summed E-state index contributed by atoms with van der Waals surface area (Å²) in [5.41, 5.74) is 0. The number of nitrogens with zero attached hydrogens (tertiary/aromatic N) is 1. The van der Waals surface area contributed by atoms with E-state index in [1.54, 1.807) is 0 Å². The van der Waals surface area contributed by atoms with Crippen LogP contribution < -0.4 is 5.32 Å². The van der Waals surface area contributed by atoms with Crippen LogP contribution in [-0.4, -0.2) is 46.9 Å². The summed E-state index contributed by atoms with van der Waals surface area (Å²) in [5.74, 6) is -1.82. The van der Waals surface area contributed by atoms with Crippen molar-refractivity contribution in [1.29, 1.82) is 0 Å². The molecule has 1 heterocycles. The van der Waals surface area contributed by atoms with Crippen molar-refractivity contribution >= 4 is 17.8 Å². The van der Waals surface area contributed by atoms with Gasteiger partial charge in [0.05, 0.1) is 5.92 Å². The molecule has 0 aromatic rings. The maximum absolute atomic E-state index is 12.2. The van der Waals surface area contributed by atoms with E-state index >= 15 is 0 Å². The third-order valence-electron chi connectivity index (χ3n) is 3.14. The molecule has 0 aromatic heterocycles. The number of carbonyl (C=O) groups is 3. The average molecular weight is 256 g/mol. The molecular formula is C12H20N2O4. The Hall–Kier alpha value is -1.59. The van der Waals surface area contributed by atoms with Crippen molar-refractivity contribution in [2.45, 2.75) is 33.2 Å². The van der Waals surface area contributed by atoms with E-state index in [0.717, 1.165) is 0 Å². The number of carbonyl (C=O) groups excluding carboxylic acids is 2. The van der Waals surface area contributed by atoms with Gasteiger partial charge >= 0.3 is 5.97 Å². The number of amides is 2. The first-order valence-electron chi connectivity index (χ1n) is 6.11. The van der Waals surface area contributed by atoms with Crippen LogP contribution in [0.15, 0.2) is 0 Å². The summed E-state index contributed by atoms with van der Waals surface area (Å²) in [6.07, 6.45) is 0.478. The number of aliphatic carboxylic acids is 1. The van der Waals surface area contributed by atoms with Crippen molar-refractivity contribution in [1.82, 2.24) is 10.2 Å². The highest BCUT2D eigenvalue weighted by atomic mass is 16.4. The van der Waals surface area contributed by atoms with Gasteiger partial charge in [-0.15, -0.1) is 0 Å². The fraction of sp³-hybridized carbons (Fsp3) is 0.750. The fourth-order valence-corrected chi connectivity index (χ4v) is 2.09. The number of hydrogen-bond donors (Lipinski definition) is 2. The lowest BCUT2D eigenvalue weighted by atomic mass is 10.0. The zero-order valence-electron chi connectivity index (χ0n) is 11.0. The monoisotopic (exact) mass is 256 g/mol. The van der Waals surface area contributed by atoms with Crippen LogP contribution in [0.2, 0.25) is 0 Å². The molecule has 1 fully saturated rings. The molecule has 0 saturated carbocycles. The second kappa shape index (κ2) is 5.84. The highest BCUT2D eigenvalue weighted by Gasteiger charge is 2.35. The molecule has 2 N–H and O–H groups in total. The largest absolute Gasteiger partial charge is 0.481 e. The molecule has 6 heteroatoms. The van der Waals surface area contributed by atoms with E-state index in [1.807, 2.05) is 13.8 Å². The predicted octanol–water partition coefficient (Wildman–Crippen LogP) is 0.0802. The first kappa shape index (κ1) is 14.5. The van der Waals surface area contributed by atoms with E-state index in [-0.39, 0.29) is 24.3 Å². The molecule has 2 amide bonds. The summed E-state index contributed by atoms with van der Waals surface area (Å²) < 4.78 is 0. The molecule has 0 unspecified atom stereocenters. The summed E-state index contributed by atoms with van der Waals surface area (Å²) in [6, 6.07) is -0.574. The third kappa shape index (κ3) is 3.45. The first-order chi connectivity index (χ1) is 8.32. The molecule has 0 radical (unpaired) electrons. The molecule has 0 bridgehead atoms. The molecule has 0 spiro atoms. The Morgan fingerprint density at radius 3 is 2.33 bits per heavy atom. The van der Waals surface area contributed by atoms with Crippen LogP contribution in [0.3, 0.4) is 0 Å². The fourth-order valence-electron chi connectivity index (χ4n) is 2.09. The minimum Gasteiger partial charge on any atom is -0.481 e. The number of hydrogen-bond acceptors (Lipinski definition) is 3. The molecule has 6 nitrogen and oxygen atoms in total. The summed E-state index contributed by atoms with van der Waals surface area (Å²) in [7, 11) is 0. The van der Waals surface area contributed by atoms with E-state index in [1.165, 1.54) is 11.8 Å². The lowest BCUT2D eigenvalue weighted by molar-refractivity contribution is -0.142. The van der Waals surface area contributed by atoms with Gasteiger partial charge in [-0.1, -0.05) is 13.8 Å². The van der Waals surface area contributed by atoms with Gasteiger partial charge < -0.3 is 15.3 Å². The smallest absolute Gasteiger partial charge is 0.308 e. The minimum absolute atomic E-state index is 0.0229. The van der Waals surface area contributed by atoms with Crippen molar-refractivity contribution in [3.05, 3.63) is 0 Å². The van der Waals surface area contributed by atoms with Crippen molar-refractivity contribution < 1.29 is 19.5 Å². The third-order valence-corrected chi connectivity index (χ3v) is 3.14. The quantitative estimate of drug-likeness (QED) is 0.745. The Kier molecular flexibility index (Phi) is 4.69. The zero-order chi connectivity index (χ0) is 13.9. The SMILES string of the molecule is CC(=O)N[C@@H](C(=O)N1CC[C@H](C(=O)O)C1)C(C)C. The highest BCUT2D eigenvalue weighted by molar-refractivity contribution is 5.87. The number of rotatable bonds is 4. The van der Waals surface area contributed by atoms with Crippen LogP contribution in [0.4, 0.5) is 0 Å². The topological polar surface area (TPSA) is 86.7 Å². The number of nitrogens with one attached hydrogen (secondary N) is 1. The van der Waals surface area contributed by atoms with Gasteiger partial charge in [0.1, 0.15) is 6.04 Å². The number of likely N-dealkylation sites (tertiary alicyclic amines) is 1. The van der Waals surface area contributed by atoms with Gasteiger partial charge in [0.15, 0.2) is 0 Å². The van der Waals surface area contributed by atoms with E-state index in [9.17, 15) is 14.4 Å². The van der Waals surface area contributed by atoms with Gasteiger partial charge in [-0.3, -0.25) is 14.4 Å². The van der Waals surface area contributed by atoms with E-state index in [2.05, 4.69) is 5.32 Å². The van der Waals surface area contributed by atoms with Gasteiger partial charge in [-0.05, 0) is 12.3 Å². The second-order valence-electron chi connectivity index (χ2n) is 5.03. The molecule has 1 aliphatic heterocycles. The van der Waals surface area contributed by atoms with Crippen molar-refractivity contribution in [3.8, 4) is 0 Å². The van der Waals surface area contributed by atoms with Gasteiger partial charge in [-0.25, -0.2) is 0 Å². The van der Waals surface area contributed by atoms with Gasteiger partial charge in [0.25, 0.3) is 0 Å². The summed E-state index contributed by atoms with van der Waals surface area (Å²) in [4.78, 5) is 35.7.